The van der Waals surface area contributed by atoms with Crippen molar-refractivity contribution in [1.82, 2.24) is 19.7 Å². The van der Waals surface area contributed by atoms with E-state index in [2.05, 4.69) is 10.1 Å². The minimum Gasteiger partial charge on any atom is -0.493 e. The van der Waals surface area contributed by atoms with Gasteiger partial charge in [-0.15, -0.1) is 0 Å². The lowest BCUT2D eigenvalue weighted by Crippen LogP contribution is -2.21. The molecule has 0 N–H and O–H groups in total. The second kappa shape index (κ2) is 9.63. The average molecular weight is 487 g/mol. The molecule has 0 aliphatic carbocycles. The van der Waals surface area contributed by atoms with Crippen LogP contribution in [0.4, 0.5) is 0 Å². The Balaban J connectivity index is 1.54. The average Bonchev–Trinajstić information content (AvgIpc) is 3.36. The number of hydrogen-bond donors (Lipinski definition) is 0. The Bertz CT molecular complexity index is 1580. The predicted molar refractivity (Wildman–Crippen MR) is 134 cm³/mol. The standard InChI is InChI=1S/C26H22N4O4S/c1-16-8-4-5-9-18(16)24-28-23(34-29-24)15-35-26-27-20-11-7-6-10-19(20)25(31)30(26)17-12-13-21(32-2)22(14-17)33-3/h4-14H,15H2,1-3H3. The highest BCUT2D eigenvalue weighted by Crippen LogP contribution is 2.31. The van der Waals surface area contributed by atoms with E-state index in [1.807, 2.05) is 49.4 Å². The molecule has 2 heterocycles. The van der Waals surface area contributed by atoms with Crippen molar-refractivity contribution in [3.63, 3.8) is 0 Å². The Kier molecular flexibility index (Phi) is 6.24. The van der Waals surface area contributed by atoms with Gasteiger partial charge in [-0.2, -0.15) is 4.98 Å². The maximum atomic E-state index is 13.5. The maximum Gasteiger partial charge on any atom is 0.266 e. The number of fused-ring (bicyclic) bond motifs is 1. The van der Waals surface area contributed by atoms with Crippen molar-refractivity contribution in [2.45, 2.75) is 17.8 Å². The molecule has 0 aliphatic rings. The monoisotopic (exact) mass is 486 g/mol. The van der Waals surface area contributed by atoms with Crippen LogP contribution in [-0.2, 0) is 5.75 Å². The molecule has 0 amide bonds. The Hall–Kier alpha value is -4.11. The highest BCUT2D eigenvalue weighted by Gasteiger charge is 2.17. The molecule has 35 heavy (non-hydrogen) atoms. The molecule has 0 aliphatic heterocycles. The number of nitrogens with zero attached hydrogens (tertiary/aromatic N) is 4. The Morgan fingerprint density at radius 2 is 1.71 bits per heavy atom. The third kappa shape index (κ3) is 4.38. The van der Waals surface area contributed by atoms with Crippen molar-refractivity contribution in [1.29, 1.82) is 0 Å². The van der Waals surface area contributed by atoms with E-state index in [4.69, 9.17) is 19.0 Å². The van der Waals surface area contributed by atoms with E-state index in [9.17, 15) is 4.79 Å². The first-order valence-corrected chi connectivity index (χ1v) is 11.8. The number of methoxy groups -OCH3 is 2. The molecule has 0 fully saturated rings. The summed E-state index contributed by atoms with van der Waals surface area (Å²) >= 11 is 1.34. The van der Waals surface area contributed by atoms with Crippen LogP contribution >= 0.6 is 11.8 Å². The zero-order chi connectivity index (χ0) is 24.4. The van der Waals surface area contributed by atoms with Gasteiger partial charge in [0.1, 0.15) is 0 Å². The number of aromatic nitrogens is 4. The van der Waals surface area contributed by atoms with Gasteiger partial charge in [-0.3, -0.25) is 9.36 Å². The van der Waals surface area contributed by atoms with Gasteiger partial charge in [-0.05, 0) is 36.8 Å². The molecule has 5 rings (SSSR count). The summed E-state index contributed by atoms with van der Waals surface area (Å²) in [6.45, 7) is 2.00. The fraction of sp³-hybridized carbons (Fsp3) is 0.154. The van der Waals surface area contributed by atoms with Crippen molar-refractivity contribution in [2.75, 3.05) is 14.2 Å². The van der Waals surface area contributed by atoms with Crippen LogP contribution in [0.15, 0.2) is 81.2 Å². The van der Waals surface area contributed by atoms with E-state index in [-0.39, 0.29) is 5.56 Å². The highest BCUT2D eigenvalue weighted by atomic mass is 32.2. The molecule has 0 bridgehead atoms. The second-order valence-electron chi connectivity index (χ2n) is 7.71. The molecule has 0 saturated carbocycles. The molecule has 0 spiro atoms. The van der Waals surface area contributed by atoms with Crippen LogP contribution in [0.2, 0.25) is 0 Å². The van der Waals surface area contributed by atoms with Gasteiger partial charge >= 0.3 is 0 Å². The van der Waals surface area contributed by atoms with E-state index < -0.39 is 0 Å². The molecule has 3 aromatic carbocycles. The molecular weight excluding hydrogens is 464 g/mol. The van der Waals surface area contributed by atoms with E-state index >= 15 is 0 Å². The van der Waals surface area contributed by atoms with Crippen LogP contribution in [0, 0.1) is 6.92 Å². The van der Waals surface area contributed by atoms with Crippen molar-refractivity contribution in [2.24, 2.45) is 0 Å². The largest absolute Gasteiger partial charge is 0.493 e. The Labute approximate surface area is 205 Å². The zero-order valence-corrected chi connectivity index (χ0v) is 20.2. The summed E-state index contributed by atoms with van der Waals surface area (Å²) in [6, 6.07) is 20.4. The lowest BCUT2D eigenvalue weighted by Gasteiger charge is -2.15. The number of para-hydroxylation sites is 1. The van der Waals surface area contributed by atoms with Gasteiger partial charge in [0.25, 0.3) is 5.56 Å². The number of hydrogen-bond acceptors (Lipinski definition) is 8. The molecule has 0 atom stereocenters. The number of ether oxygens (including phenoxy) is 2. The summed E-state index contributed by atoms with van der Waals surface area (Å²) in [5.41, 5.74) is 3.02. The number of thioether (sulfide) groups is 1. The van der Waals surface area contributed by atoms with Crippen LogP contribution < -0.4 is 15.0 Å². The van der Waals surface area contributed by atoms with Crippen LogP contribution in [0.5, 0.6) is 11.5 Å². The van der Waals surface area contributed by atoms with Crippen LogP contribution in [0.1, 0.15) is 11.5 Å². The minimum absolute atomic E-state index is 0.184. The van der Waals surface area contributed by atoms with Crippen molar-refractivity contribution in [3.05, 3.63) is 88.5 Å². The van der Waals surface area contributed by atoms with Crippen LogP contribution in [0.25, 0.3) is 28.0 Å². The van der Waals surface area contributed by atoms with Gasteiger partial charge in [0.05, 0.1) is 36.6 Å². The van der Waals surface area contributed by atoms with E-state index in [0.717, 1.165) is 11.1 Å². The molecular formula is C26H22N4O4S. The van der Waals surface area contributed by atoms with Gasteiger partial charge in [-0.1, -0.05) is 53.3 Å². The van der Waals surface area contributed by atoms with Gasteiger partial charge in [-0.25, -0.2) is 4.98 Å². The SMILES string of the molecule is COc1ccc(-n2c(SCc3nc(-c4ccccc4C)no3)nc3ccccc3c2=O)cc1OC. The number of aryl methyl sites for hydroxylation is 1. The van der Waals surface area contributed by atoms with Crippen molar-refractivity contribution in [3.8, 4) is 28.6 Å². The van der Waals surface area contributed by atoms with Gasteiger partial charge in [0.2, 0.25) is 11.7 Å². The first-order valence-electron chi connectivity index (χ1n) is 10.8. The molecule has 8 nitrogen and oxygen atoms in total. The second-order valence-corrected chi connectivity index (χ2v) is 8.65. The molecule has 0 unspecified atom stereocenters. The fourth-order valence-electron chi connectivity index (χ4n) is 3.77. The smallest absolute Gasteiger partial charge is 0.266 e. The highest BCUT2D eigenvalue weighted by molar-refractivity contribution is 7.98. The van der Waals surface area contributed by atoms with Crippen LogP contribution in [-0.4, -0.2) is 33.9 Å². The summed E-state index contributed by atoms with van der Waals surface area (Å²) < 4.78 is 17.9. The molecule has 176 valence electrons. The molecule has 2 aromatic heterocycles. The lowest BCUT2D eigenvalue weighted by atomic mass is 10.1. The van der Waals surface area contributed by atoms with Crippen molar-refractivity contribution >= 4 is 22.7 Å². The normalized spacial score (nSPS) is 11.1. The summed E-state index contributed by atoms with van der Waals surface area (Å²) in [4.78, 5) is 22.8. The first kappa shape index (κ1) is 22.7. The van der Waals surface area contributed by atoms with E-state index in [1.54, 1.807) is 43.1 Å². The molecule has 9 heteroatoms. The fourth-order valence-corrected chi connectivity index (χ4v) is 4.62. The van der Waals surface area contributed by atoms with Crippen molar-refractivity contribution < 1.29 is 14.0 Å². The zero-order valence-electron chi connectivity index (χ0n) is 19.4. The van der Waals surface area contributed by atoms with E-state index in [1.165, 1.54) is 11.8 Å². The van der Waals surface area contributed by atoms with Gasteiger partial charge < -0.3 is 14.0 Å². The topological polar surface area (TPSA) is 92.3 Å². The molecule has 0 radical (unpaired) electrons. The summed E-state index contributed by atoms with van der Waals surface area (Å²) in [6.07, 6.45) is 0. The predicted octanol–water partition coefficient (Wildman–Crippen LogP) is 5.05. The quantitative estimate of drug-likeness (QED) is 0.233. The molecule has 5 aromatic rings. The van der Waals surface area contributed by atoms with Gasteiger partial charge in [0.15, 0.2) is 16.7 Å². The number of rotatable bonds is 7. The summed E-state index contributed by atoms with van der Waals surface area (Å²) in [5.74, 6) is 2.40. The Morgan fingerprint density at radius 1 is 0.943 bits per heavy atom. The summed E-state index contributed by atoms with van der Waals surface area (Å²) in [7, 11) is 3.12. The molecule has 0 saturated heterocycles. The third-order valence-electron chi connectivity index (χ3n) is 5.55. The lowest BCUT2D eigenvalue weighted by molar-refractivity contribution is 0.354. The maximum absolute atomic E-state index is 13.5. The Morgan fingerprint density at radius 3 is 2.51 bits per heavy atom. The third-order valence-corrected chi connectivity index (χ3v) is 6.47. The minimum atomic E-state index is -0.184. The first-order chi connectivity index (χ1) is 17.1. The number of benzene rings is 3. The summed E-state index contributed by atoms with van der Waals surface area (Å²) in [5, 5.41) is 5.15. The van der Waals surface area contributed by atoms with Gasteiger partial charge in [0, 0.05) is 11.6 Å². The van der Waals surface area contributed by atoms with E-state index in [0.29, 0.717) is 50.7 Å². The van der Waals surface area contributed by atoms with Crippen LogP contribution in [0.3, 0.4) is 0 Å².